The summed E-state index contributed by atoms with van der Waals surface area (Å²) >= 11 is 0. The van der Waals surface area contributed by atoms with E-state index in [-0.39, 0.29) is 12.5 Å². The molecule has 2 aromatic rings. The molecule has 0 saturated heterocycles. The first-order chi connectivity index (χ1) is 11.8. The van der Waals surface area contributed by atoms with Gasteiger partial charge in [0, 0.05) is 5.69 Å². The summed E-state index contributed by atoms with van der Waals surface area (Å²) < 4.78 is 43.3. The molecule has 3 nitrogen and oxygen atoms in total. The summed E-state index contributed by atoms with van der Waals surface area (Å²) in [6, 6.07) is 12.7. The number of anilines is 1. The van der Waals surface area contributed by atoms with Crippen LogP contribution in [-0.2, 0) is 15.7 Å². The predicted molar refractivity (Wildman–Crippen MR) is 90.0 cm³/mol. The number of esters is 1. The summed E-state index contributed by atoms with van der Waals surface area (Å²) in [4.78, 5) is 12.4. The van der Waals surface area contributed by atoms with Gasteiger partial charge in [-0.2, -0.15) is 13.2 Å². The second-order valence-corrected chi connectivity index (χ2v) is 6.09. The van der Waals surface area contributed by atoms with Crippen LogP contribution in [0.2, 0.25) is 0 Å². The smallest absolute Gasteiger partial charge is 0.416 e. The molecule has 0 aliphatic heterocycles. The zero-order chi connectivity index (χ0) is 18.4. The molecule has 0 bridgehead atoms. The van der Waals surface area contributed by atoms with E-state index in [1.807, 2.05) is 19.9 Å². The Morgan fingerprint density at radius 3 is 2.16 bits per heavy atom. The third-order valence-corrected chi connectivity index (χ3v) is 3.45. The Balaban J connectivity index is 2.20. The maximum Gasteiger partial charge on any atom is 0.416 e. The van der Waals surface area contributed by atoms with Crippen molar-refractivity contribution in [3.8, 4) is 0 Å². The summed E-state index contributed by atoms with van der Waals surface area (Å²) in [7, 11) is 0. The van der Waals surface area contributed by atoms with Gasteiger partial charge in [0.05, 0.1) is 12.2 Å². The number of alkyl halides is 3. The Hall–Kier alpha value is -2.50. The van der Waals surface area contributed by atoms with Crippen molar-refractivity contribution in [1.29, 1.82) is 0 Å². The topological polar surface area (TPSA) is 38.3 Å². The molecule has 134 valence electrons. The lowest BCUT2D eigenvalue weighted by atomic mass is 10.1. The van der Waals surface area contributed by atoms with Crippen molar-refractivity contribution >= 4 is 11.7 Å². The van der Waals surface area contributed by atoms with E-state index in [1.165, 1.54) is 12.1 Å². The van der Waals surface area contributed by atoms with Crippen molar-refractivity contribution in [1.82, 2.24) is 0 Å². The quantitative estimate of drug-likeness (QED) is 0.740. The number of hydrogen-bond donors (Lipinski definition) is 1. The molecule has 0 aliphatic rings. The van der Waals surface area contributed by atoms with Crippen LogP contribution in [0.5, 0.6) is 0 Å². The lowest BCUT2D eigenvalue weighted by Gasteiger charge is -2.20. The average molecular weight is 351 g/mol. The Bertz CT molecular complexity index is 682. The highest BCUT2D eigenvalue weighted by Crippen LogP contribution is 2.30. The number of ether oxygens (including phenoxy) is 1. The summed E-state index contributed by atoms with van der Waals surface area (Å²) in [5.74, 6) is -0.286. The highest BCUT2D eigenvalue weighted by atomic mass is 19.4. The minimum Gasteiger partial charge on any atom is -0.464 e. The van der Waals surface area contributed by atoms with Gasteiger partial charge in [-0.25, -0.2) is 4.79 Å². The van der Waals surface area contributed by atoms with Gasteiger partial charge in [0.25, 0.3) is 0 Å². The second kappa shape index (κ2) is 8.05. The highest BCUT2D eigenvalue weighted by molar-refractivity contribution is 5.81. The molecule has 1 N–H and O–H groups in total. The van der Waals surface area contributed by atoms with E-state index in [4.69, 9.17) is 4.74 Å². The van der Waals surface area contributed by atoms with Gasteiger partial charge in [0.2, 0.25) is 0 Å². The number of hydrogen-bond acceptors (Lipinski definition) is 3. The first-order valence-electron chi connectivity index (χ1n) is 7.92. The van der Waals surface area contributed by atoms with Crippen molar-refractivity contribution in [3.05, 3.63) is 65.7 Å². The van der Waals surface area contributed by atoms with Crippen molar-refractivity contribution in [2.45, 2.75) is 26.1 Å². The van der Waals surface area contributed by atoms with Crippen LogP contribution in [0, 0.1) is 5.92 Å². The standard InChI is InChI=1S/C19H20F3NO2/c1-13(2)12-25-18(24)17(14-6-4-3-5-7-14)23-16-10-8-15(9-11-16)19(20,21)22/h3-11,13,17,23H,12H2,1-2H3. The molecule has 0 aliphatic carbocycles. The Morgan fingerprint density at radius 1 is 1.04 bits per heavy atom. The number of halogens is 3. The van der Waals surface area contributed by atoms with Gasteiger partial charge in [-0.05, 0) is 35.7 Å². The van der Waals surface area contributed by atoms with E-state index >= 15 is 0 Å². The van der Waals surface area contributed by atoms with Crippen LogP contribution < -0.4 is 5.32 Å². The fourth-order valence-corrected chi connectivity index (χ4v) is 2.18. The van der Waals surface area contributed by atoms with Crippen molar-refractivity contribution in [2.75, 3.05) is 11.9 Å². The zero-order valence-electron chi connectivity index (χ0n) is 14.0. The fraction of sp³-hybridized carbons (Fsp3) is 0.316. The fourth-order valence-electron chi connectivity index (χ4n) is 2.18. The molecular weight excluding hydrogens is 331 g/mol. The van der Waals surface area contributed by atoms with Crippen molar-refractivity contribution in [3.63, 3.8) is 0 Å². The maximum atomic E-state index is 12.7. The van der Waals surface area contributed by atoms with E-state index in [9.17, 15) is 18.0 Å². The Labute approximate surface area is 144 Å². The molecule has 0 radical (unpaired) electrons. The normalized spacial score (nSPS) is 12.7. The number of benzene rings is 2. The van der Waals surface area contributed by atoms with Crippen molar-refractivity contribution in [2.24, 2.45) is 5.92 Å². The summed E-state index contributed by atoms with van der Waals surface area (Å²) in [6.07, 6.45) is -4.40. The summed E-state index contributed by atoms with van der Waals surface area (Å²) in [5.41, 5.74) is 0.344. The molecule has 1 atom stereocenters. The van der Waals surface area contributed by atoms with Crippen LogP contribution in [0.15, 0.2) is 54.6 Å². The van der Waals surface area contributed by atoms with Gasteiger partial charge in [0.15, 0.2) is 6.04 Å². The van der Waals surface area contributed by atoms with Gasteiger partial charge < -0.3 is 10.1 Å². The number of rotatable bonds is 6. The molecule has 0 amide bonds. The largest absolute Gasteiger partial charge is 0.464 e. The third-order valence-electron chi connectivity index (χ3n) is 3.45. The van der Waals surface area contributed by atoms with Gasteiger partial charge in [0.1, 0.15) is 0 Å². The number of carbonyl (C=O) groups excluding carboxylic acids is 1. The van der Waals surface area contributed by atoms with E-state index in [0.717, 1.165) is 12.1 Å². The van der Waals surface area contributed by atoms with Gasteiger partial charge in [-0.3, -0.25) is 0 Å². The first-order valence-corrected chi connectivity index (χ1v) is 7.92. The monoisotopic (exact) mass is 351 g/mol. The number of nitrogens with one attached hydrogen (secondary N) is 1. The maximum absolute atomic E-state index is 12.7. The van der Waals surface area contributed by atoms with Crippen molar-refractivity contribution < 1.29 is 22.7 Å². The molecule has 0 heterocycles. The lowest BCUT2D eigenvalue weighted by molar-refractivity contribution is -0.145. The molecule has 0 saturated carbocycles. The molecule has 25 heavy (non-hydrogen) atoms. The van der Waals surface area contributed by atoms with Crippen LogP contribution in [0.3, 0.4) is 0 Å². The number of carbonyl (C=O) groups is 1. The van der Waals surface area contributed by atoms with E-state index < -0.39 is 23.8 Å². The molecule has 1 unspecified atom stereocenters. The SMILES string of the molecule is CC(C)COC(=O)C(Nc1ccc(C(F)(F)F)cc1)c1ccccc1. The molecule has 0 aromatic heterocycles. The second-order valence-electron chi connectivity index (χ2n) is 6.09. The Morgan fingerprint density at radius 2 is 1.64 bits per heavy atom. The van der Waals surface area contributed by atoms with Crippen LogP contribution in [0.1, 0.15) is 31.0 Å². The third kappa shape index (κ3) is 5.52. The van der Waals surface area contributed by atoms with Gasteiger partial charge in [-0.1, -0.05) is 44.2 Å². The van der Waals surface area contributed by atoms with Crippen LogP contribution in [0.25, 0.3) is 0 Å². The Kier molecular flexibility index (Phi) is 6.07. The molecule has 2 rings (SSSR count). The average Bonchev–Trinajstić information content (AvgIpc) is 2.58. The van der Waals surface area contributed by atoms with E-state index in [0.29, 0.717) is 11.3 Å². The molecule has 2 aromatic carbocycles. The molecule has 0 spiro atoms. The van der Waals surface area contributed by atoms with Crippen LogP contribution in [0.4, 0.5) is 18.9 Å². The lowest BCUT2D eigenvalue weighted by Crippen LogP contribution is -2.24. The minimum atomic E-state index is -4.40. The predicted octanol–water partition coefficient (Wildman–Crippen LogP) is 5.06. The summed E-state index contributed by atoms with van der Waals surface area (Å²) in [5, 5.41) is 2.96. The van der Waals surface area contributed by atoms with Crippen LogP contribution in [-0.4, -0.2) is 12.6 Å². The zero-order valence-corrected chi connectivity index (χ0v) is 14.0. The highest BCUT2D eigenvalue weighted by Gasteiger charge is 2.30. The van der Waals surface area contributed by atoms with Gasteiger partial charge in [-0.15, -0.1) is 0 Å². The van der Waals surface area contributed by atoms with Crippen LogP contribution >= 0.6 is 0 Å². The molecule has 0 fully saturated rings. The van der Waals surface area contributed by atoms with E-state index in [2.05, 4.69) is 5.32 Å². The molecule has 6 heteroatoms. The van der Waals surface area contributed by atoms with Gasteiger partial charge >= 0.3 is 12.1 Å². The molecular formula is C19H20F3NO2. The first kappa shape index (κ1) is 18.8. The minimum absolute atomic E-state index is 0.187. The van der Waals surface area contributed by atoms with E-state index in [1.54, 1.807) is 24.3 Å². The summed E-state index contributed by atoms with van der Waals surface area (Å²) in [6.45, 7) is 4.12.